The molecule has 0 bridgehead atoms. The number of halogens is 1. The third kappa shape index (κ3) is 5.47. The summed E-state index contributed by atoms with van der Waals surface area (Å²) in [7, 11) is 1.74. The fraction of sp³-hybridized carbons (Fsp3) is 0.400. The second-order valence-electron chi connectivity index (χ2n) is 8.28. The van der Waals surface area contributed by atoms with Gasteiger partial charge in [-0.2, -0.15) is 0 Å². The van der Waals surface area contributed by atoms with Crippen LogP contribution in [0.4, 0.5) is 16.2 Å². The molecule has 2 aromatic carbocycles. The van der Waals surface area contributed by atoms with Crippen LogP contribution >= 0.6 is 12.4 Å². The Kier molecular flexibility index (Phi) is 8.33. The van der Waals surface area contributed by atoms with E-state index in [2.05, 4.69) is 15.5 Å². The predicted molar refractivity (Wildman–Crippen MR) is 135 cm³/mol. The maximum atomic E-state index is 13.3. The molecule has 4 rings (SSSR count). The van der Waals surface area contributed by atoms with E-state index in [1.807, 2.05) is 55.5 Å². The number of aliphatic imine (C=N–C) groups is 1. The van der Waals surface area contributed by atoms with Crippen LogP contribution in [0.25, 0.3) is 0 Å². The zero-order chi connectivity index (χ0) is 22.5. The third-order valence-corrected chi connectivity index (χ3v) is 6.14. The maximum absolute atomic E-state index is 13.3. The lowest BCUT2D eigenvalue weighted by Crippen LogP contribution is -2.47. The molecule has 2 aliphatic heterocycles. The number of benzene rings is 2. The summed E-state index contributed by atoms with van der Waals surface area (Å²) in [5.74, 6) is 0.514. The number of nitrogens with one attached hydrogen (secondary N) is 2. The molecule has 33 heavy (non-hydrogen) atoms. The average Bonchev–Trinajstić information content (AvgIpc) is 3.14. The number of anilines is 2. The number of hydrogen-bond donors (Lipinski definition) is 2. The Labute approximate surface area is 201 Å². The number of amides is 3. The van der Waals surface area contributed by atoms with Crippen LogP contribution in [-0.2, 0) is 11.2 Å². The highest BCUT2D eigenvalue weighted by Gasteiger charge is 2.32. The van der Waals surface area contributed by atoms with Gasteiger partial charge in [-0.1, -0.05) is 50.1 Å². The number of likely N-dealkylation sites (N-methyl/N-ethyl adjacent to an activating group) is 1. The summed E-state index contributed by atoms with van der Waals surface area (Å²) in [5, 5.41) is 5.69. The van der Waals surface area contributed by atoms with Crippen LogP contribution in [-0.4, -0.2) is 49.0 Å². The van der Waals surface area contributed by atoms with Crippen molar-refractivity contribution in [2.75, 3.05) is 30.4 Å². The number of aryl methyl sites for hydroxylation is 1. The van der Waals surface area contributed by atoms with Crippen molar-refractivity contribution in [3.05, 3.63) is 59.7 Å². The minimum Gasteiger partial charge on any atom is -0.356 e. The van der Waals surface area contributed by atoms with Gasteiger partial charge in [0.1, 0.15) is 5.84 Å². The first kappa shape index (κ1) is 24.6. The molecule has 7 nitrogen and oxygen atoms in total. The van der Waals surface area contributed by atoms with Gasteiger partial charge < -0.3 is 20.4 Å². The average molecular weight is 470 g/mol. The fourth-order valence-corrected chi connectivity index (χ4v) is 4.37. The summed E-state index contributed by atoms with van der Waals surface area (Å²) in [6.07, 6.45) is 4.39. The summed E-state index contributed by atoms with van der Waals surface area (Å²) in [6.45, 7) is 3.83. The highest BCUT2D eigenvalue weighted by atomic mass is 35.5. The first-order valence-corrected chi connectivity index (χ1v) is 11.4. The normalized spacial score (nSPS) is 18.3. The van der Waals surface area contributed by atoms with E-state index >= 15 is 0 Å². The Morgan fingerprint density at radius 2 is 1.70 bits per heavy atom. The standard InChI is InChI=1S/C25H31N5O2.ClH/c1-3-18-12-6-8-14-20(18)26-25(32)28-22-24(31)29(2)21-15-9-7-13-19(21)23(27-22)30-16-10-4-5-11-17-30;/h6-9,12-15,22H,3-5,10-11,16-17H2,1-2H3,(H2,26,28,32);1H/t22-;/m1./s1. The monoisotopic (exact) mass is 469 g/mol. The zero-order valence-electron chi connectivity index (χ0n) is 19.2. The number of benzodiazepines with no additional fused rings is 1. The summed E-state index contributed by atoms with van der Waals surface area (Å²) in [6, 6.07) is 15.0. The van der Waals surface area contributed by atoms with Gasteiger partial charge in [0.15, 0.2) is 0 Å². The second-order valence-corrected chi connectivity index (χ2v) is 8.28. The van der Waals surface area contributed by atoms with Crippen molar-refractivity contribution in [3.8, 4) is 0 Å². The Morgan fingerprint density at radius 1 is 1.03 bits per heavy atom. The number of hydrogen-bond acceptors (Lipinski definition) is 4. The van der Waals surface area contributed by atoms with Gasteiger partial charge >= 0.3 is 6.03 Å². The van der Waals surface area contributed by atoms with Crippen LogP contribution in [0.5, 0.6) is 0 Å². The number of urea groups is 1. The van der Waals surface area contributed by atoms with Gasteiger partial charge in [-0.25, -0.2) is 9.79 Å². The molecular weight excluding hydrogens is 438 g/mol. The zero-order valence-corrected chi connectivity index (χ0v) is 20.0. The minimum absolute atomic E-state index is 0. The molecule has 2 heterocycles. The van der Waals surface area contributed by atoms with E-state index in [-0.39, 0.29) is 18.3 Å². The van der Waals surface area contributed by atoms with Crippen LogP contribution in [0.15, 0.2) is 53.5 Å². The van der Waals surface area contributed by atoms with Crippen LogP contribution in [0.2, 0.25) is 0 Å². The third-order valence-electron chi connectivity index (χ3n) is 6.14. The van der Waals surface area contributed by atoms with Crippen LogP contribution < -0.4 is 15.5 Å². The smallest absolute Gasteiger partial charge is 0.321 e. The molecule has 3 amide bonds. The van der Waals surface area contributed by atoms with Crippen molar-refractivity contribution in [1.29, 1.82) is 0 Å². The Balaban J connectivity index is 0.00000306. The van der Waals surface area contributed by atoms with Gasteiger partial charge in [-0.05, 0) is 43.0 Å². The molecule has 0 radical (unpaired) electrons. The molecule has 1 fully saturated rings. The molecular formula is C25H32ClN5O2. The number of carbonyl (C=O) groups excluding carboxylic acids is 2. The highest BCUT2D eigenvalue weighted by molar-refractivity contribution is 6.12. The van der Waals surface area contributed by atoms with E-state index in [1.54, 1.807) is 11.9 Å². The largest absolute Gasteiger partial charge is 0.356 e. The van der Waals surface area contributed by atoms with Crippen LogP contribution in [0, 0.1) is 0 Å². The molecule has 0 spiro atoms. The molecule has 0 aliphatic carbocycles. The number of nitrogens with zero attached hydrogens (tertiary/aromatic N) is 3. The van der Waals surface area contributed by atoms with Crippen molar-refractivity contribution in [3.63, 3.8) is 0 Å². The van der Waals surface area contributed by atoms with Crippen LogP contribution in [0.1, 0.15) is 43.7 Å². The lowest BCUT2D eigenvalue weighted by Gasteiger charge is -2.26. The predicted octanol–water partition coefficient (Wildman–Crippen LogP) is 4.42. The Morgan fingerprint density at radius 3 is 2.42 bits per heavy atom. The number of likely N-dealkylation sites (tertiary alicyclic amines) is 1. The van der Waals surface area contributed by atoms with E-state index in [9.17, 15) is 9.59 Å². The molecule has 2 aromatic rings. The van der Waals surface area contributed by atoms with E-state index in [4.69, 9.17) is 4.99 Å². The fourth-order valence-electron chi connectivity index (χ4n) is 4.37. The van der Waals surface area contributed by atoms with Crippen molar-refractivity contribution < 1.29 is 9.59 Å². The molecule has 8 heteroatoms. The van der Waals surface area contributed by atoms with Gasteiger partial charge in [0, 0.05) is 31.4 Å². The topological polar surface area (TPSA) is 77.0 Å². The lowest BCUT2D eigenvalue weighted by atomic mass is 10.1. The molecule has 0 aromatic heterocycles. The minimum atomic E-state index is -1.00. The van der Waals surface area contributed by atoms with E-state index < -0.39 is 12.2 Å². The lowest BCUT2D eigenvalue weighted by molar-refractivity contribution is -0.119. The molecule has 176 valence electrons. The number of para-hydroxylation sites is 2. The quantitative estimate of drug-likeness (QED) is 0.698. The van der Waals surface area contributed by atoms with Crippen molar-refractivity contribution in [1.82, 2.24) is 10.2 Å². The van der Waals surface area contributed by atoms with Gasteiger partial charge in [-0.15, -0.1) is 12.4 Å². The first-order chi connectivity index (χ1) is 15.6. The Bertz CT molecular complexity index is 1020. The molecule has 0 saturated carbocycles. The van der Waals surface area contributed by atoms with Crippen LogP contribution in [0.3, 0.4) is 0 Å². The SMILES string of the molecule is CCc1ccccc1NC(=O)N[C@H]1N=C(N2CCCCCC2)c2ccccc2N(C)C1=O.Cl. The second kappa shape index (κ2) is 11.2. The summed E-state index contributed by atoms with van der Waals surface area (Å²) in [5.41, 5.74) is 3.50. The molecule has 1 atom stereocenters. The van der Waals surface area contributed by atoms with E-state index in [0.717, 1.165) is 60.7 Å². The van der Waals surface area contributed by atoms with E-state index in [0.29, 0.717) is 0 Å². The van der Waals surface area contributed by atoms with Crippen molar-refractivity contribution in [2.24, 2.45) is 4.99 Å². The summed E-state index contributed by atoms with van der Waals surface area (Å²) in [4.78, 5) is 34.8. The Hall–Kier alpha value is -3.06. The van der Waals surface area contributed by atoms with Gasteiger partial charge in [0.25, 0.3) is 5.91 Å². The first-order valence-electron chi connectivity index (χ1n) is 11.4. The van der Waals surface area contributed by atoms with E-state index in [1.165, 1.54) is 12.8 Å². The van der Waals surface area contributed by atoms with Gasteiger partial charge in [0.05, 0.1) is 5.69 Å². The summed E-state index contributed by atoms with van der Waals surface area (Å²) >= 11 is 0. The van der Waals surface area contributed by atoms with Gasteiger partial charge in [-0.3, -0.25) is 4.79 Å². The van der Waals surface area contributed by atoms with Crippen molar-refractivity contribution >= 4 is 41.6 Å². The number of fused-ring (bicyclic) bond motifs is 1. The number of amidine groups is 1. The molecule has 2 aliphatic rings. The molecule has 0 unspecified atom stereocenters. The van der Waals surface area contributed by atoms with Crippen molar-refractivity contribution in [2.45, 2.75) is 45.2 Å². The maximum Gasteiger partial charge on any atom is 0.321 e. The van der Waals surface area contributed by atoms with Gasteiger partial charge in [0.2, 0.25) is 6.17 Å². The highest BCUT2D eigenvalue weighted by Crippen LogP contribution is 2.27. The summed E-state index contributed by atoms with van der Waals surface area (Å²) < 4.78 is 0. The number of carbonyl (C=O) groups is 2. The number of rotatable bonds is 3. The molecule has 1 saturated heterocycles. The molecule has 2 N–H and O–H groups in total.